The van der Waals surface area contributed by atoms with Gasteiger partial charge in [-0.25, -0.2) is 0 Å². The van der Waals surface area contributed by atoms with Crippen LogP contribution in [-0.4, -0.2) is 73.7 Å². The zero-order valence-corrected chi connectivity index (χ0v) is 13.4. The number of nitriles is 1. The summed E-state index contributed by atoms with van der Waals surface area (Å²) in [7, 11) is 0. The van der Waals surface area contributed by atoms with Crippen molar-refractivity contribution in [3.8, 4) is 6.07 Å². The normalized spacial score (nSPS) is 18.1. The summed E-state index contributed by atoms with van der Waals surface area (Å²) in [4.78, 5) is 27.3. The molecule has 1 heterocycles. The molecule has 0 aromatic rings. The standard InChI is InChI=1S/C15H25N3O4/c1-3-21-9-5-14(19)17-7-8-18(13(11-16)12-17)15(20)6-10-22-4-2/h13H,3-10,12H2,1-2H3/t13-/m1/s1. The summed E-state index contributed by atoms with van der Waals surface area (Å²) in [6.07, 6.45) is 0.578. The molecule has 0 aliphatic carbocycles. The summed E-state index contributed by atoms with van der Waals surface area (Å²) in [5.41, 5.74) is 0. The lowest BCUT2D eigenvalue weighted by atomic mass is 10.1. The van der Waals surface area contributed by atoms with Crippen LogP contribution >= 0.6 is 0 Å². The van der Waals surface area contributed by atoms with E-state index in [4.69, 9.17) is 9.47 Å². The van der Waals surface area contributed by atoms with Crippen molar-refractivity contribution < 1.29 is 19.1 Å². The molecule has 22 heavy (non-hydrogen) atoms. The monoisotopic (exact) mass is 311 g/mol. The average Bonchev–Trinajstić information content (AvgIpc) is 2.54. The maximum atomic E-state index is 12.1. The number of carbonyl (C=O) groups is 2. The van der Waals surface area contributed by atoms with Gasteiger partial charge in [-0.3, -0.25) is 9.59 Å². The van der Waals surface area contributed by atoms with E-state index in [0.717, 1.165) is 0 Å². The van der Waals surface area contributed by atoms with Crippen LogP contribution in [0.5, 0.6) is 0 Å². The Morgan fingerprint density at radius 1 is 1.09 bits per heavy atom. The molecule has 1 saturated heterocycles. The van der Waals surface area contributed by atoms with Crippen molar-refractivity contribution in [2.45, 2.75) is 32.7 Å². The number of carbonyl (C=O) groups excluding carboxylic acids is 2. The summed E-state index contributed by atoms with van der Waals surface area (Å²) in [5.74, 6) is -0.128. The summed E-state index contributed by atoms with van der Waals surface area (Å²) in [5, 5.41) is 9.26. The molecule has 0 saturated carbocycles. The van der Waals surface area contributed by atoms with Gasteiger partial charge in [0.15, 0.2) is 0 Å². The molecule has 7 heteroatoms. The molecule has 0 N–H and O–H groups in total. The van der Waals surface area contributed by atoms with Crippen molar-refractivity contribution in [1.82, 2.24) is 9.80 Å². The predicted molar refractivity (Wildman–Crippen MR) is 79.9 cm³/mol. The van der Waals surface area contributed by atoms with Crippen LogP contribution in [0.25, 0.3) is 0 Å². The Morgan fingerprint density at radius 2 is 1.68 bits per heavy atom. The van der Waals surface area contributed by atoms with E-state index in [0.29, 0.717) is 45.9 Å². The minimum atomic E-state index is -0.584. The molecular weight excluding hydrogens is 286 g/mol. The molecule has 1 fully saturated rings. The van der Waals surface area contributed by atoms with E-state index in [-0.39, 0.29) is 24.8 Å². The summed E-state index contributed by atoms with van der Waals surface area (Å²) < 4.78 is 10.3. The second kappa shape index (κ2) is 10.1. The van der Waals surface area contributed by atoms with Gasteiger partial charge < -0.3 is 19.3 Å². The molecule has 1 rings (SSSR count). The van der Waals surface area contributed by atoms with Gasteiger partial charge in [-0.05, 0) is 13.8 Å². The van der Waals surface area contributed by atoms with Gasteiger partial charge in [-0.1, -0.05) is 0 Å². The zero-order valence-electron chi connectivity index (χ0n) is 13.4. The van der Waals surface area contributed by atoms with E-state index < -0.39 is 6.04 Å². The van der Waals surface area contributed by atoms with Crippen LogP contribution in [0.1, 0.15) is 26.7 Å². The third-order valence-electron chi connectivity index (χ3n) is 3.53. The average molecular weight is 311 g/mol. The molecule has 0 bridgehead atoms. The van der Waals surface area contributed by atoms with E-state index in [1.165, 1.54) is 0 Å². The fourth-order valence-electron chi connectivity index (χ4n) is 2.33. The van der Waals surface area contributed by atoms with Crippen LogP contribution < -0.4 is 0 Å². The quantitative estimate of drug-likeness (QED) is 0.606. The zero-order chi connectivity index (χ0) is 16.4. The first-order valence-electron chi connectivity index (χ1n) is 7.76. The van der Waals surface area contributed by atoms with Gasteiger partial charge in [-0.15, -0.1) is 0 Å². The SMILES string of the molecule is CCOCCC(=O)N1CCN(C(=O)CCOCC)[C@H](C#N)C1. The Morgan fingerprint density at radius 3 is 2.23 bits per heavy atom. The number of ether oxygens (including phenoxy) is 2. The van der Waals surface area contributed by atoms with Crippen molar-refractivity contribution in [3.05, 3.63) is 0 Å². The maximum Gasteiger partial charge on any atom is 0.226 e. The van der Waals surface area contributed by atoms with Gasteiger partial charge in [0.1, 0.15) is 6.04 Å². The van der Waals surface area contributed by atoms with Crippen molar-refractivity contribution in [2.24, 2.45) is 0 Å². The van der Waals surface area contributed by atoms with Crippen LogP contribution in [0.3, 0.4) is 0 Å². The molecule has 1 aliphatic rings. The number of piperazine rings is 1. The summed E-state index contributed by atoms with van der Waals surface area (Å²) in [6.45, 7) is 6.77. The molecule has 1 atom stereocenters. The van der Waals surface area contributed by atoms with Gasteiger partial charge in [0.2, 0.25) is 11.8 Å². The molecule has 0 radical (unpaired) electrons. The highest BCUT2D eigenvalue weighted by atomic mass is 16.5. The molecule has 7 nitrogen and oxygen atoms in total. The lowest BCUT2D eigenvalue weighted by Gasteiger charge is -2.38. The largest absolute Gasteiger partial charge is 0.381 e. The number of hydrogen-bond donors (Lipinski definition) is 0. The van der Waals surface area contributed by atoms with Gasteiger partial charge >= 0.3 is 0 Å². The highest BCUT2D eigenvalue weighted by molar-refractivity contribution is 5.79. The number of amides is 2. The number of rotatable bonds is 8. The Kier molecular flexibility index (Phi) is 8.48. The molecule has 2 amide bonds. The van der Waals surface area contributed by atoms with E-state index in [1.54, 1.807) is 9.80 Å². The van der Waals surface area contributed by atoms with Gasteiger partial charge in [0.05, 0.1) is 38.7 Å². The summed E-state index contributed by atoms with van der Waals surface area (Å²) in [6, 6.07) is 1.53. The van der Waals surface area contributed by atoms with Crippen LogP contribution in [0.4, 0.5) is 0 Å². The Balaban J connectivity index is 2.48. The molecule has 0 unspecified atom stereocenters. The van der Waals surface area contributed by atoms with Gasteiger partial charge in [0.25, 0.3) is 0 Å². The van der Waals surface area contributed by atoms with Crippen molar-refractivity contribution in [3.63, 3.8) is 0 Å². The smallest absolute Gasteiger partial charge is 0.226 e. The first-order valence-corrected chi connectivity index (χ1v) is 7.76. The number of hydrogen-bond acceptors (Lipinski definition) is 5. The fourth-order valence-corrected chi connectivity index (χ4v) is 2.33. The molecule has 0 aromatic carbocycles. The van der Waals surface area contributed by atoms with Crippen LogP contribution in [0, 0.1) is 11.3 Å². The van der Waals surface area contributed by atoms with Gasteiger partial charge in [-0.2, -0.15) is 5.26 Å². The molecule has 124 valence electrons. The van der Waals surface area contributed by atoms with Crippen LogP contribution in [-0.2, 0) is 19.1 Å². The minimum absolute atomic E-state index is 0.0323. The Bertz CT molecular complexity index is 408. The first-order chi connectivity index (χ1) is 10.6. The lowest BCUT2D eigenvalue weighted by Crippen LogP contribution is -2.56. The summed E-state index contributed by atoms with van der Waals surface area (Å²) >= 11 is 0. The van der Waals surface area contributed by atoms with E-state index in [1.807, 2.05) is 13.8 Å². The van der Waals surface area contributed by atoms with Crippen LogP contribution in [0.15, 0.2) is 0 Å². The predicted octanol–water partition coefficient (Wildman–Crippen LogP) is 0.403. The second-order valence-electron chi connectivity index (χ2n) is 4.97. The topological polar surface area (TPSA) is 82.9 Å². The highest BCUT2D eigenvalue weighted by Gasteiger charge is 2.31. The Hall–Kier alpha value is -1.65. The Labute approximate surface area is 131 Å². The minimum Gasteiger partial charge on any atom is -0.381 e. The van der Waals surface area contributed by atoms with Crippen molar-refractivity contribution >= 4 is 11.8 Å². The molecule has 1 aliphatic heterocycles. The maximum absolute atomic E-state index is 12.1. The molecule has 0 aromatic heterocycles. The van der Waals surface area contributed by atoms with E-state index in [9.17, 15) is 14.9 Å². The van der Waals surface area contributed by atoms with Crippen molar-refractivity contribution in [1.29, 1.82) is 5.26 Å². The van der Waals surface area contributed by atoms with Crippen LogP contribution in [0.2, 0.25) is 0 Å². The van der Waals surface area contributed by atoms with E-state index in [2.05, 4.69) is 6.07 Å². The third-order valence-corrected chi connectivity index (χ3v) is 3.53. The molecular formula is C15H25N3O4. The number of nitrogens with zero attached hydrogens (tertiary/aromatic N) is 3. The highest BCUT2D eigenvalue weighted by Crippen LogP contribution is 2.12. The third kappa shape index (κ3) is 5.62. The molecule has 0 spiro atoms. The fraction of sp³-hybridized carbons (Fsp3) is 0.800. The van der Waals surface area contributed by atoms with E-state index >= 15 is 0 Å². The van der Waals surface area contributed by atoms with Gasteiger partial charge in [0, 0.05) is 26.3 Å². The lowest BCUT2D eigenvalue weighted by molar-refractivity contribution is -0.142. The second-order valence-corrected chi connectivity index (χ2v) is 4.97. The van der Waals surface area contributed by atoms with Crippen molar-refractivity contribution in [2.75, 3.05) is 46.1 Å². The first kappa shape index (κ1) is 18.4.